The molecule has 92 valence electrons. The Kier molecular flexibility index (Phi) is 6.28. The number of ether oxygens (including phenoxy) is 3. The second kappa shape index (κ2) is 7.22. The van der Waals surface area contributed by atoms with Gasteiger partial charge in [-0.2, -0.15) is 0 Å². The lowest BCUT2D eigenvalue weighted by molar-refractivity contribution is -0.0337. The molecular weight excluding hydrogens is 272 g/mol. The molecule has 0 amide bonds. The van der Waals surface area contributed by atoms with Crippen molar-refractivity contribution in [3.05, 3.63) is 22.7 Å². The number of rotatable bonds is 7. The van der Waals surface area contributed by atoms with Crippen LogP contribution in [-0.2, 0) is 14.2 Å². The zero-order valence-electron chi connectivity index (χ0n) is 9.87. The van der Waals surface area contributed by atoms with Crippen molar-refractivity contribution in [3.8, 4) is 0 Å². The first-order chi connectivity index (χ1) is 7.66. The molecule has 0 fully saturated rings. The highest BCUT2D eigenvalue weighted by molar-refractivity contribution is 9.11. The minimum absolute atomic E-state index is 0.210. The summed E-state index contributed by atoms with van der Waals surface area (Å²) in [5.41, 5.74) is -0.210. The Bertz CT molecular complexity index is 263. The Hall–Kier alpha value is -0.160. The summed E-state index contributed by atoms with van der Waals surface area (Å²) in [6, 6.07) is 0. The van der Waals surface area contributed by atoms with E-state index in [-0.39, 0.29) is 5.60 Å². The van der Waals surface area contributed by atoms with Crippen LogP contribution in [0.25, 0.3) is 0 Å². The first-order valence-corrected chi connectivity index (χ1v) is 6.21. The van der Waals surface area contributed by atoms with Gasteiger partial charge in [-0.15, -0.1) is 0 Å². The van der Waals surface area contributed by atoms with Crippen molar-refractivity contribution in [2.45, 2.75) is 18.9 Å². The molecule has 0 heterocycles. The SMILES string of the molecule is COCCOCCOC1(C)C=C(Br)C=CC1. The van der Waals surface area contributed by atoms with Crippen LogP contribution in [0.4, 0.5) is 0 Å². The third-order valence-corrected chi connectivity index (χ3v) is 2.83. The van der Waals surface area contributed by atoms with Gasteiger partial charge < -0.3 is 14.2 Å². The van der Waals surface area contributed by atoms with Crippen LogP contribution in [0.1, 0.15) is 13.3 Å². The van der Waals surface area contributed by atoms with Gasteiger partial charge in [0, 0.05) is 11.6 Å². The summed E-state index contributed by atoms with van der Waals surface area (Å²) in [6.07, 6.45) is 7.14. The molecule has 1 aliphatic rings. The number of allylic oxidation sites excluding steroid dienone is 2. The molecule has 0 aromatic carbocycles. The third kappa shape index (κ3) is 5.25. The fraction of sp³-hybridized carbons (Fsp3) is 0.667. The lowest BCUT2D eigenvalue weighted by Crippen LogP contribution is -2.28. The Labute approximate surface area is 106 Å². The predicted molar refractivity (Wildman–Crippen MR) is 67.8 cm³/mol. The van der Waals surface area contributed by atoms with Crippen LogP contribution in [-0.4, -0.2) is 39.1 Å². The van der Waals surface area contributed by atoms with E-state index in [1.54, 1.807) is 7.11 Å². The molecule has 0 radical (unpaired) electrons. The summed E-state index contributed by atoms with van der Waals surface area (Å²) >= 11 is 3.45. The van der Waals surface area contributed by atoms with E-state index in [0.29, 0.717) is 26.4 Å². The summed E-state index contributed by atoms with van der Waals surface area (Å²) in [7, 11) is 1.66. The molecule has 0 aromatic heterocycles. The van der Waals surface area contributed by atoms with Gasteiger partial charge >= 0.3 is 0 Å². The van der Waals surface area contributed by atoms with E-state index < -0.39 is 0 Å². The second-order valence-electron chi connectivity index (χ2n) is 3.90. The highest BCUT2D eigenvalue weighted by atomic mass is 79.9. The summed E-state index contributed by atoms with van der Waals surface area (Å²) in [6.45, 7) is 4.54. The second-order valence-corrected chi connectivity index (χ2v) is 4.82. The molecule has 1 unspecified atom stereocenters. The maximum Gasteiger partial charge on any atom is 0.0883 e. The maximum absolute atomic E-state index is 5.80. The fourth-order valence-electron chi connectivity index (χ4n) is 1.48. The number of methoxy groups -OCH3 is 1. The predicted octanol–water partition coefficient (Wildman–Crippen LogP) is 2.66. The molecule has 0 bridgehead atoms. The Morgan fingerprint density at radius 1 is 1.31 bits per heavy atom. The molecule has 1 aliphatic carbocycles. The molecule has 1 rings (SSSR count). The van der Waals surface area contributed by atoms with E-state index in [1.165, 1.54) is 0 Å². The van der Waals surface area contributed by atoms with Crippen LogP contribution in [0.5, 0.6) is 0 Å². The first-order valence-electron chi connectivity index (χ1n) is 5.42. The molecule has 0 saturated heterocycles. The zero-order chi connectivity index (χ0) is 11.9. The molecule has 4 heteroatoms. The van der Waals surface area contributed by atoms with Gasteiger partial charge in [0.15, 0.2) is 0 Å². The summed E-state index contributed by atoms with van der Waals surface area (Å²) in [4.78, 5) is 0. The maximum atomic E-state index is 5.80. The molecule has 0 saturated carbocycles. The standard InChI is InChI=1S/C12H19BrO3/c1-12(5-3-4-11(13)10-12)16-9-8-15-7-6-14-2/h3-4,10H,5-9H2,1-2H3. The average molecular weight is 291 g/mol. The molecule has 1 atom stereocenters. The van der Waals surface area contributed by atoms with Crippen LogP contribution >= 0.6 is 15.9 Å². The number of hydrogen-bond donors (Lipinski definition) is 0. The van der Waals surface area contributed by atoms with Crippen LogP contribution in [0, 0.1) is 0 Å². The Balaban J connectivity index is 2.15. The van der Waals surface area contributed by atoms with Crippen molar-refractivity contribution in [3.63, 3.8) is 0 Å². The van der Waals surface area contributed by atoms with Crippen molar-refractivity contribution in [1.29, 1.82) is 0 Å². The lowest BCUT2D eigenvalue weighted by Gasteiger charge is -2.27. The van der Waals surface area contributed by atoms with Crippen LogP contribution in [0.3, 0.4) is 0 Å². The van der Waals surface area contributed by atoms with E-state index >= 15 is 0 Å². The van der Waals surface area contributed by atoms with Gasteiger partial charge in [-0.05, 0) is 19.4 Å². The van der Waals surface area contributed by atoms with Crippen molar-refractivity contribution in [1.82, 2.24) is 0 Å². The molecule has 0 spiro atoms. The van der Waals surface area contributed by atoms with Gasteiger partial charge in [-0.1, -0.05) is 28.1 Å². The molecule has 0 N–H and O–H groups in total. The fourth-order valence-corrected chi connectivity index (χ4v) is 2.15. The van der Waals surface area contributed by atoms with Gasteiger partial charge in [-0.25, -0.2) is 0 Å². The molecule has 0 aliphatic heterocycles. The highest BCUT2D eigenvalue weighted by Gasteiger charge is 2.23. The van der Waals surface area contributed by atoms with Crippen molar-refractivity contribution in [2.75, 3.05) is 33.5 Å². The topological polar surface area (TPSA) is 27.7 Å². The van der Waals surface area contributed by atoms with Crippen LogP contribution in [0.15, 0.2) is 22.7 Å². The molecule has 3 nitrogen and oxygen atoms in total. The van der Waals surface area contributed by atoms with E-state index in [1.807, 2.05) is 6.08 Å². The lowest BCUT2D eigenvalue weighted by atomic mass is 9.98. The Morgan fingerprint density at radius 3 is 2.75 bits per heavy atom. The van der Waals surface area contributed by atoms with Gasteiger partial charge in [0.1, 0.15) is 0 Å². The monoisotopic (exact) mass is 290 g/mol. The Morgan fingerprint density at radius 2 is 2.06 bits per heavy atom. The quantitative estimate of drug-likeness (QED) is 0.675. The average Bonchev–Trinajstić information content (AvgIpc) is 2.23. The van der Waals surface area contributed by atoms with Crippen molar-refractivity contribution in [2.24, 2.45) is 0 Å². The normalized spacial score (nSPS) is 24.6. The van der Waals surface area contributed by atoms with Crippen molar-refractivity contribution < 1.29 is 14.2 Å². The molecular formula is C12H19BrO3. The minimum atomic E-state index is -0.210. The molecule has 0 aromatic rings. The van der Waals surface area contributed by atoms with Gasteiger partial charge in [0.25, 0.3) is 0 Å². The summed E-state index contributed by atoms with van der Waals surface area (Å²) in [5.74, 6) is 0. The van der Waals surface area contributed by atoms with Gasteiger partial charge in [0.05, 0.1) is 32.0 Å². The summed E-state index contributed by atoms with van der Waals surface area (Å²) < 4.78 is 17.1. The van der Waals surface area contributed by atoms with E-state index in [4.69, 9.17) is 14.2 Å². The van der Waals surface area contributed by atoms with Gasteiger partial charge in [0.2, 0.25) is 0 Å². The van der Waals surface area contributed by atoms with E-state index in [2.05, 4.69) is 35.0 Å². The van der Waals surface area contributed by atoms with Crippen molar-refractivity contribution >= 4 is 15.9 Å². The zero-order valence-corrected chi connectivity index (χ0v) is 11.5. The van der Waals surface area contributed by atoms with Crippen LogP contribution in [0.2, 0.25) is 0 Å². The number of halogens is 1. The third-order valence-electron chi connectivity index (χ3n) is 2.33. The van der Waals surface area contributed by atoms with Gasteiger partial charge in [-0.3, -0.25) is 0 Å². The molecule has 16 heavy (non-hydrogen) atoms. The highest BCUT2D eigenvalue weighted by Crippen LogP contribution is 2.27. The number of hydrogen-bond acceptors (Lipinski definition) is 3. The van der Waals surface area contributed by atoms with E-state index in [9.17, 15) is 0 Å². The van der Waals surface area contributed by atoms with E-state index in [0.717, 1.165) is 10.9 Å². The summed E-state index contributed by atoms with van der Waals surface area (Å²) in [5, 5.41) is 0. The largest absolute Gasteiger partial charge is 0.382 e. The van der Waals surface area contributed by atoms with Crippen LogP contribution < -0.4 is 0 Å². The smallest absolute Gasteiger partial charge is 0.0883 e. The first kappa shape index (κ1) is 13.9. The minimum Gasteiger partial charge on any atom is -0.382 e.